The van der Waals surface area contributed by atoms with Crippen LogP contribution in [0.3, 0.4) is 0 Å². The molecule has 6 heteroatoms. The Bertz CT molecular complexity index is 788. The number of hydrogen-bond donors (Lipinski definition) is 0. The van der Waals surface area contributed by atoms with E-state index in [1.54, 1.807) is 14.2 Å². The first-order valence-corrected chi connectivity index (χ1v) is 9.77. The lowest BCUT2D eigenvalue weighted by atomic mass is 9.87. The van der Waals surface area contributed by atoms with Crippen molar-refractivity contribution in [3.05, 3.63) is 23.0 Å². The average Bonchev–Trinajstić information content (AvgIpc) is 2.96. The zero-order valence-corrected chi connectivity index (χ0v) is 15.8. The second kappa shape index (κ2) is 8.63. The fraction of sp³-hybridized carbons (Fsp3) is 0.579. The third kappa shape index (κ3) is 4.50. The number of fused-ring (bicyclic) bond motifs is 1. The molecule has 0 N–H and O–H groups in total. The minimum absolute atomic E-state index is 0.00316. The van der Waals surface area contributed by atoms with Crippen LogP contribution < -0.4 is 9.54 Å². The molecular weight excluding hydrogens is 336 g/mol. The second-order valence-electron chi connectivity index (χ2n) is 6.58. The van der Waals surface area contributed by atoms with Gasteiger partial charge in [-0.25, -0.2) is 0 Å². The Morgan fingerprint density at radius 1 is 1.28 bits per heavy atom. The molecule has 0 bridgehead atoms. The van der Waals surface area contributed by atoms with Crippen molar-refractivity contribution in [3.8, 4) is 5.75 Å². The van der Waals surface area contributed by atoms with Crippen molar-refractivity contribution in [2.45, 2.75) is 45.1 Å². The summed E-state index contributed by atoms with van der Waals surface area (Å²) in [4.78, 5) is 17.7. The number of amides is 1. The molecule has 1 saturated carbocycles. The lowest BCUT2D eigenvalue weighted by Crippen LogP contribution is -2.20. The Morgan fingerprint density at radius 2 is 2.08 bits per heavy atom. The first-order valence-electron chi connectivity index (χ1n) is 8.95. The number of aromatic nitrogens is 1. The normalized spacial score (nSPS) is 16.5. The van der Waals surface area contributed by atoms with Crippen LogP contribution in [0.15, 0.2) is 23.2 Å². The van der Waals surface area contributed by atoms with Crippen LogP contribution >= 0.6 is 11.3 Å². The van der Waals surface area contributed by atoms with E-state index >= 15 is 0 Å². The number of nitrogens with zero attached hydrogens (tertiary/aromatic N) is 2. The van der Waals surface area contributed by atoms with E-state index < -0.39 is 0 Å². The molecule has 0 saturated heterocycles. The first-order chi connectivity index (χ1) is 12.2. The number of benzene rings is 1. The van der Waals surface area contributed by atoms with E-state index in [1.165, 1.54) is 30.6 Å². The summed E-state index contributed by atoms with van der Waals surface area (Å²) >= 11 is 1.53. The predicted molar refractivity (Wildman–Crippen MR) is 100 cm³/mol. The van der Waals surface area contributed by atoms with E-state index in [2.05, 4.69) is 9.56 Å². The van der Waals surface area contributed by atoms with Crippen LogP contribution in [0, 0.1) is 5.92 Å². The molecule has 1 fully saturated rings. The number of thiazole rings is 1. The molecule has 1 aromatic carbocycles. The highest BCUT2D eigenvalue weighted by atomic mass is 32.1. The number of methoxy groups -OCH3 is 2. The summed E-state index contributed by atoms with van der Waals surface area (Å²) in [7, 11) is 3.34. The van der Waals surface area contributed by atoms with Gasteiger partial charge in [0.15, 0.2) is 4.80 Å². The van der Waals surface area contributed by atoms with Gasteiger partial charge in [-0.15, -0.1) is 0 Å². The van der Waals surface area contributed by atoms with Crippen LogP contribution in [0.25, 0.3) is 10.2 Å². The molecular formula is C19H26N2O3S. The van der Waals surface area contributed by atoms with Crippen molar-refractivity contribution in [2.24, 2.45) is 10.9 Å². The van der Waals surface area contributed by atoms with E-state index in [9.17, 15) is 4.79 Å². The van der Waals surface area contributed by atoms with Crippen molar-refractivity contribution in [1.82, 2.24) is 4.57 Å². The van der Waals surface area contributed by atoms with Crippen molar-refractivity contribution < 1.29 is 14.3 Å². The topological polar surface area (TPSA) is 52.8 Å². The molecule has 25 heavy (non-hydrogen) atoms. The average molecular weight is 362 g/mol. The van der Waals surface area contributed by atoms with Gasteiger partial charge in [0.25, 0.3) is 0 Å². The first kappa shape index (κ1) is 18.1. The van der Waals surface area contributed by atoms with Crippen LogP contribution in [0.4, 0.5) is 0 Å². The fourth-order valence-electron chi connectivity index (χ4n) is 3.46. The Labute approximate surface area is 152 Å². The zero-order valence-electron chi connectivity index (χ0n) is 15.0. The minimum Gasteiger partial charge on any atom is -0.497 e. The number of rotatable bonds is 6. The van der Waals surface area contributed by atoms with Gasteiger partial charge in [-0.05, 0) is 37.0 Å². The summed E-state index contributed by atoms with van der Waals surface area (Å²) in [5.41, 5.74) is 1.06. The number of ether oxygens (including phenoxy) is 2. The lowest BCUT2D eigenvalue weighted by molar-refractivity contribution is -0.119. The van der Waals surface area contributed by atoms with Crippen molar-refractivity contribution >= 4 is 27.5 Å². The summed E-state index contributed by atoms with van der Waals surface area (Å²) in [6, 6.07) is 5.95. The van der Waals surface area contributed by atoms with E-state index in [-0.39, 0.29) is 5.91 Å². The lowest BCUT2D eigenvalue weighted by Gasteiger charge is -2.19. The second-order valence-corrected chi connectivity index (χ2v) is 7.59. The van der Waals surface area contributed by atoms with Crippen LogP contribution in [-0.2, 0) is 16.1 Å². The maximum Gasteiger partial charge on any atom is 0.248 e. The van der Waals surface area contributed by atoms with Crippen molar-refractivity contribution in [2.75, 3.05) is 20.8 Å². The number of hydrogen-bond acceptors (Lipinski definition) is 4. The standard InChI is InChI=1S/C19H26N2O3S/c1-23-11-10-21-16-9-8-15(24-2)13-17(16)25-19(21)20-18(22)12-14-6-4-3-5-7-14/h8-9,13-14H,3-7,10-12H2,1-2H3. The summed E-state index contributed by atoms with van der Waals surface area (Å²) in [6.07, 6.45) is 6.69. The third-order valence-corrected chi connectivity index (χ3v) is 5.86. The summed E-state index contributed by atoms with van der Waals surface area (Å²) in [5, 5.41) is 0. The molecule has 0 spiro atoms. The molecule has 1 amide bonds. The molecule has 0 atom stereocenters. The largest absolute Gasteiger partial charge is 0.497 e. The van der Waals surface area contributed by atoms with E-state index in [0.29, 0.717) is 25.5 Å². The molecule has 2 aromatic rings. The summed E-state index contributed by atoms with van der Waals surface area (Å²) < 4.78 is 13.7. The maximum absolute atomic E-state index is 12.5. The van der Waals surface area contributed by atoms with E-state index in [1.807, 2.05) is 18.2 Å². The van der Waals surface area contributed by atoms with Gasteiger partial charge in [0, 0.05) is 20.1 Å². The Kier molecular flexibility index (Phi) is 6.26. The van der Waals surface area contributed by atoms with Gasteiger partial charge >= 0.3 is 0 Å². The van der Waals surface area contributed by atoms with Gasteiger partial charge in [0.05, 0.1) is 23.9 Å². The van der Waals surface area contributed by atoms with Gasteiger partial charge in [0.1, 0.15) is 5.75 Å². The van der Waals surface area contributed by atoms with Crippen LogP contribution in [-0.4, -0.2) is 31.3 Å². The summed E-state index contributed by atoms with van der Waals surface area (Å²) in [5.74, 6) is 1.32. The molecule has 1 aliphatic carbocycles. The maximum atomic E-state index is 12.5. The molecule has 1 aromatic heterocycles. The number of carbonyl (C=O) groups is 1. The highest BCUT2D eigenvalue weighted by Crippen LogP contribution is 2.27. The van der Waals surface area contributed by atoms with Gasteiger partial charge < -0.3 is 14.0 Å². The minimum atomic E-state index is -0.00316. The molecule has 3 rings (SSSR count). The Hall–Kier alpha value is -1.66. The zero-order chi connectivity index (χ0) is 17.6. The van der Waals surface area contributed by atoms with Gasteiger partial charge in [-0.2, -0.15) is 4.99 Å². The molecule has 136 valence electrons. The third-order valence-electron chi connectivity index (χ3n) is 4.82. The SMILES string of the molecule is COCCn1c(=NC(=O)CC2CCCCC2)sc2cc(OC)ccc21. The Balaban J connectivity index is 1.90. The fourth-order valence-corrected chi connectivity index (χ4v) is 4.56. The predicted octanol–water partition coefficient (Wildman–Crippen LogP) is 3.76. The highest BCUT2D eigenvalue weighted by Gasteiger charge is 2.17. The monoisotopic (exact) mass is 362 g/mol. The van der Waals surface area contributed by atoms with Gasteiger partial charge in [-0.3, -0.25) is 4.79 Å². The van der Waals surface area contributed by atoms with E-state index in [0.717, 1.165) is 33.6 Å². The summed E-state index contributed by atoms with van der Waals surface area (Å²) in [6.45, 7) is 1.26. The van der Waals surface area contributed by atoms with Crippen molar-refractivity contribution in [1.29, 1.82) is 0 Å². The van der Waals surface area contributed by atoms with Gasteiger partial charge in [0.2, 0.25) is 5.91 Å². The smallest absolute Gasteiger partial charge is 0.248 e. The van der Waals surface area contributed by atoms with Crippen LogP contribution in [0.1, 0.15) is 38.5 Å². The molecule has 1 aliphatic rings. The molecule has 0 aliphatic heterocycles. The van der Waals surface area contributed by atoms with Crippen molar-refractivity contribution in [3.63, 3.8) is 0 Å². The highest BCUT2D eigenvalue weighted by molar-refractivity contribution is 7.16. The quantitative estimate of drug-likeness (QED) is 0.786. The van der Waals surface area contributed by atoms with Crippen LogP contribution in [0.2, 0.25) is 0 Å². The molecule has 1 heterocycles. The molecule has 0 unspecified atom stereocenters. The van der Waals surface area contributed by atoms with E-state index in [4.69, 9.17) is 9.47 Å². The van der Waals surface area contributed by atoms with Crippen LogP contribution in [0.5, 0.6) is 5.75 Å². The Morgan fingerprint density at radius 3 is 2.80 bits per heavy atom. The van der Waals surface area contributed by atoms with Gasteiger partial charge in [-0.1, -0.05) is 30.6 Å². The molecule has 0 radical (unpaired) electrons. The number of carbonyl (C=O) groups excluding carboxylic acids is 1. The molecule has 5 nitrogen and oxygen atoms in total.